The fourth-order valence-corrected chi connectivity index (χ4v) is 6.03. The maximum atomic E-state index is 11.6. The number of primary amides is 2. The van der Waals surface area contributed by atoms with Gasteiger partial charge in [0, 0.05) is 0 Å². The Bertz CT molecular complexity index is 1020. The molecule has 0 spiro atoms. The van der Waals surface area contributed by atoms with Crippen molar-refractivity contribution in [2.75, 3.05) is 13.2 Å². The minimum atomic E-state index is -4.95. The van der Waals surface area contributed by atoms with Crippen molar-refractivity contribution in [3.05, 3.63) is 0 Å². The molecule has 14 nitrogen and oxygen atoms in total. The van der Waals surface area contributed by atoms with Gasteiger partial charge in [-0.05, 0) is 12.8 Å². The summed E-state index contributed by atoms with van der Waals surface area (Å²) in [6.07, 6.45) is 20.6. The summed E-state index contributed by atoms with van der Waals surface area (Å²) in [5.74, 6) is -4.45. The molecule has 0 fully saturated rings. The normalized spacial score (nSPS) is 12.2. The molecule has 0 heterocycles. The molecule has 0 aromatic heterocycles. The summed E-state index contributed by atoms with van der Waals surface area (Å²) in [5, 5.41) is -4.09. The molecular weight excluding hydrogens is 714 g/mol. The number of hydrogen-bond donors (Lipinski definition) is 2. The van der Waals surface area contributed by atoms with Crippen molar-refractivity contribution in [2.45, 2.75) is 166 Å². The van der Waals surface area contributed by atoms with Crippen LogP contribution in [-0.4, -0.2) is 73.4 Å². The predicted molar refractivity (Wildman–Crippen MR) is 180 cm³/mol. The minimum Gasteiger partial charge on any atom is -0.747 e. The zero-order chi connectivity index (χ0) is 36.8. The van der Waals surface area contributed by atoms with E-state index in [2.05, 4.69) is 13.8 Å². The summed E-state index contributed by atoms with van der Waals surface area (Å²) in [5.41, 5.74) is 9.68. The fourth-order valence-electron chi connectivity index (χ4n) is 4.68. The van der Waals surface area contributed by atoms with E-state index in [0.29, 0.717) is 12.8 Å². The van der Waals surface area contributed by atoms with Gasteiger partial charge in [-0.15, -0.1) is 0 Å². The average molecular weight is 775 g/mol. The van der Waals surface area contributed by atoms with Crippen molar-refractivity contribution in [3.63, 3.8) is 0 Å². The van der Waals surface area contributed by atoms with Crippen LogP contribution in [0.25, 0.3) is 0 Å². The third-order valence-electron chi connectivity index (χ3n) is 7.48. The molecule has 0 rings (SSSR count). The van der Waals surface area contributed by atoms with Gasteiger partial charge in [0.1, 0.15) is 20.2 Å². The first-order chi connectivity index (χ1) is 22.6. The third kappa shape index (κ3) is 36.1. The van der Waals surface area contributed by atoms with Crippen LogP contribution < -0.4 is 70.6 Å². The first-order valence-electron chi connectivity index (χ1n) is 17.4. The van der Waals surface area contributed by atoms with E-state index in [0.717, 1.165) is 38.5 Å². The van der Waals surface area contributed by atoms with Gasteiger partial charge < -0.3 is 30.0 Å². The van der Waals surface area contributed by atoms with Gasteiger partial charge >= 0.3 is 71.1 Å². The zero-order valence-corrected chi connectivity index (χ0v) is 36.6. The molecule has 2 amide bonds. The fraction of sp³-hybridized carbons (Fsp3) is 0.875. The number of rotatable bonds is 30. The van der Waals surface area contributed by atoms with E-state index in [9.17, 15) is 45.1 Å². The van der Waals surface area contributed by atoms with Gasteiger partial charge in [-0.3, -0.25) is 19.2 Å². The van der Waals surface area contributed by atoms with E-state index in [4.69, 9.17) is 20.9 Å². The Hall–Kier alpha value is -0.300. The number of ether oxygens (including phenoxy) is 2. The number of nitrogens with two attached hydrogens (primary N) is 2. The van der Waals surface area contributed by atoms with Crippen LogP contribution in [0.4, 0.5) is 0 Å². The smallest absolute Gasteiger partial charge is 0.747 e. The quantitative estimate of drug-likeness (QED) is 0.0366. The second-order valence-electron chi connectivity index (χ2n) is 12.0. The maximum absolute atomic E-state index is 11.6. The van der Waals surface area contributed by atoms with E-state index < -0.39 is 67.3 Å². The molecular formula is C32H60N2Na2O12S2. The van der Waals surface area contributed by atoms with Crippen LogP contribution in [0.2, 0.25) is 0 Å². The van der Waals surface area contributed by atoms with Crippen molar-refractivity contribution < 1.29 is 114 Å². The molecule has 18 heteroatoms. The third-order valence-corrected chi connectivity index (χ3v) is 9.59. The monoisotopic (exact) mass is 774 g/mol. The first-order valence-corrected chi connectivity index (χ1v) is 20.3. The van der Waals surface area contributed by atoms with Gasteiger partial charge in [0.15, 0.2) is 10.5 Å². The molecule has 2 unspecified atom stereocenters. The predicted octanol–water partition coefficient (Wildman–Crippen LogP) is -1.51. The minimum absolute atomic E-state index is 0. The summed E-state index contributed by atoms with van der Waals surface area (Å²) in [6, 6.07) is 0. The van der Waals surface area contributed by atoms with Crippen LogP contribution in [0.15, 0.2) is 0 Å². The maximum Gasteiger partial charge on any atom is 1.00 e. The van der Waals surface area contributed by atoms with Gasteiger partial charge in [0.25, 0.3) is 0 Å². The number of esters is 2. The Morgan fingerprint density at radius 2 is 0.700 bits per heavy atom. The summed E-state index contributed by atoms with van der Waals surface area (Å²) < 4.78 is 75.2. The van der Waals surface area contributed by atoms with Gasteiger partial charge in [0.05, 0.1) is 26.1 Å². The second kappa shape index (κ2) is 35.7. The number of carbonyl (C=O) groups excluding carboxylic acids is 4. The first kappa shape index (κ1) is 56.4. The molecule has 50 heavy (non-hydrogen) atoms. The van der Waals surface area contributed by atoms with E-state index >= 15 is 0 Å². The van der Waals surface area contributed by atoms with Gasteiger partial charge in [-0.2, -0.15) is 0 Å². The van der Waals surface area contributed by atoms with Crippen molar-refractivity contribution in [1.29, 1.82) is 0 Å². The number of unbranched alkanes of at least 4 members (excludes halogenated alkanes) is 18. The molecule has 0 aliphatic carbocycles. The Balaban J connectivity index is -0.000000407. The molecule has 0 bridgehead atoms. The van der Waals surface area contributed by atoms with Crippen molar-refractivity contribution >= 4 is 44.0 Å². The standard InChI is InChI=1S/2C16H31NO6S.2Na/c2*1-2-3-4-5-6-7-8-9-10-11-12-23-16(19)14(13-15(17)18)24(20,21)22;;/h2*14H,2-13H2,1H3,(H2,17,18)(H,20,21,22);;/q;;2*+1/p-2. The topological polar surface area (TPSA) is 253 Å². The Morgan fingerprint density at radius 3 is 0.900 bits per heavy atom. The van der Waals surface area contributed by atoms with E-state index in [1.807, 2.05) is 0 Å². The summed E-state index contributed by atoms with van der Waals surface area (Å²) in [6.45, 7) is 4.46. The van der Waals surface area contributed by atoms with Crippen LogP contribution in [0.5, 0.6) is 0 Å². The van der Waals surface area contributed by atoms with Gasteiger partial charge in [-0.25, -0.2) is 16.8 Å². The molecule has 0 aromatic carbocycles. The largest absolute Gasteiger partial charge is 1.00 e. The Kier molecular flexibility index (Phi) is 40.3. The number of carbonyl (C=O) groups is 4. The molecule has 0 aliphatic rings. The Labute approximate surface area is 345 Å². The van der Waals surface area contributed by atoms with Crippen molar-refractivity contribution in [1.82, 2.24) is 0 Å². The van der Waals surface area contributed by atoms with Crippen LogP contribution in [0, 0.1) is 0 Å². The summed E-state index contributed by atoms with van der Waals surface area (Å²) >= 11 is 0. The second-order valence-corrected chi connectivity index (χ2v) is 15.1. The molecule has 4 N–H and O–H groups in total. The van der Waals surface area contributed by atoms with Crippen LogP contribution in [-0.2, 0) is 48.9 Å². The van der Waals surface area contributed by atoms with E-state index in [1.165, 1.54) is 77.0 Å². The molecule has 0 aliphatic heterocycles. The van der Waals surface area contributed by atoms with Gasteiger partial charge in [0.2, 0.25) is 11.8 Å². The van der Waals surface area contributed by atoms with E-state index in [1.54, 1.807) is 0 Å². The number of amides is 2. The summed E-state index contributed by atoms with van der Waals surface area (Å²) in [4.78, 5) is 44.6. The zero-order valence-electron chi connectivity index (χ0n) is 31.0. The van der Waals surface area contributed by atoms with Crippen molar-refractivity contribution in [2.24, 2.45) is 11.5 Å². The van der Waals surface area contributed by atoms with Crippen LogP contribution in [0.3, 0.4) is 0 Å². The van der Waals surface area contributed by atoms with Gasteiger partial charge in [-0.1, -0.05) is 129 Å². The molecule has 0 saturated heterocycles. The summed E-state index contributed by atoms with van der Waals surface area (Å²) in [7, 11) is -9.90. The Morgan fingerprint density at radius 1 is 0.480 bits per heavy atom. The molecule has 0 radical (unpaired) electrons. The molecule has 0 aromatic rings. The number of hydrogen-bond acceptors (Lipinski definition) is 12. The van der Waals surface area contributed by atoms with Crippen LogP contribution in [0.1, 0.15) is 155 Å². The van der Waals surface area contributed by atoms with E-state index in [-0.39, 0.29) is 72.3 Å². The SMILES string of the molecule is CCCCCCCCCCCCOC(=O)C(CC(N)=O)S(=O)(=O)[O-].CCCCCCCCCCCCOC(=O)C(CC(N)=O)S(=O)(=O)[O-].[Na+].[Na+]. The average Bonchev–Trinajstić information content (AvgIpc) is 2.99. The van der Waals surface area contributed by atoms with Crippen molar-refractivity contribution in [3.8, 4) is 0 Å². The molecule has 284 valence electrons. The van der Waals surface area contributed by atoms with Crippen LogP contribution >= 0.6 is 0 Å². The molecule has 0 saturated carbocycles. The molecule has 2 atom stereocenters.